The van der Waals surface area contributed by atoms with Crippen molar-refractivity contribution in [3.05, 3.63) is 4.91 Å². The molecule has 0 heterocycles. The van der Waals surface area contributed by atoms with Crippen molar-refractivity contribution in [2.45, 2.75) is 65.5 Å². The molecule has 0 aliphatic heterocycles. The first kappa shape index (κ1) is 16.4. The SMILES string of the molecule is CCC(C)(C)N=NC(C)(C)CC.O=NO. The third-order valence-corrected chi connectivity index (χ3v) is 2.32. The monoisotopic (exact) mass is 217 g/mol. The van der Waals surface area contributed by atoms with Gasteiger partial charge in [-0.1, -0.05) is 13.8 Å². The highest BCUT2D eigenvalue weighted by atomic mass is 16.6. The molecule has 0 rings (SSSR count). The molecule has 0 aromatic carbocycles. The molecule has 0 aliphatic carbocycles. The Bertz CT molecular complexity index is 183. The number of hydrogen-bond acceptors (Lipinski definition) is 4. The van der Waals surface area contributed by atoms with Gasteiger partial charge in [0.1, 0.15) is 0 Å². The molecule has 0 aromatic heterocycles. The highest BCUT2D eigenvalue weighted by Crippen LogP contribution is 2.20. The van der Waals surface area contributed by atoms with Gasteiger partial charge in [-0.3, -0.25) is 0 Å². The van der Waals surface area contributed by atoms with Gasteiger partial charge in [0, 0.05) is 0 Å². The largest absolute Gasteiger partial charge is 0.379 e. The van der Waals surface area contributed by atoms with Crippen molar-refractivity contribution in [3.8, 4) is 0 Å². The fourth-order valence-corrected chi connectivity index (χ4v) is 0.412. The third kappa shape index (κ3) is 10.9. The summed E-state index contributed by atoms with van der Waals surface area (Å²) in [6.07, 6.45) is 2.08. The standard InChI is InChI=1S/C10H22N2.HNO2/c1-7-9(3,4)11-12-10(5,6)8-2;2-1-3/h7-8H2,1-6H3;(H,2,3). The molecule has 1 N–H and O–H groups in total. The lowest BCUT2D eigenvalue weighted by Gasteiger charge is -2.20. The molecule has 0 amide bonds. The van der Waals surface area contributed by atoms with E-state index < -0.39 is 0 Å². The summed E-state index contributed by atoms with van der Waals surface area (Å²) in [5.74, 6) is 0. The first-order chi connectivity index (χ1) is 6.74. The molecule has 0 atom stereocenters. The Hall–Kier alpha value is -1.00. The summed E-state index contributed by atoms with van der Waals surface area (Å²) in [6.45, 7) is 12.7. The van der Waals surface area contributed by atoms with Crippen LogP contribution in [-0.4, -0.2) is 16.3 Å². The van der Waals surface area contributed by atoms with Crippen LogP contribution in [0.25, 0.3) is 0 Å². The van der Waals surface area contributed by atoms with Crippen molar-refractivity contribution in [2.75, 3.05) is 0 Å². The van der Waals surface area contributed by atoms with E-state index in [4.69, 9.17) is 10.1 Å². The molecular weight excluding hydrogens is 194 g/mol. The molecule has 0 aromatic rings. The van der Waals surface area contributed by atoms with Crippen molar-refractivity contribution in [3.63, 3.8) is 0 Å². The quantitative estimate of drug-likeness (QED) is 0.439. The van der Waals surface area contributed by atoms with Crippen LogP contribution in [0.1, 0.15) is 54.4 Å². The van der Waals surface area contributed by atoms with Gasteiger partial charge in [0.25, 0.3) is 0 Å². The van der Waals surface area contributed by atoms with Crippen molar-refractivity contribution in [1.82, 2.24) is 0 Å². The maximum atomic E-state index is 8.11. The molecule has 5 nitrogen and oxygen atoms in total. The summed E-state index contributed by atoms with van der Waals surface area (Å²) in [5.41, 5.74) is 0.0128. The van der Waals surface area contributed by atoms with E-state index in [-0.39, 0.29) is 11.1 Å². The minimum atomic E-state index is 0.00639. The van der Waals surface area contributed by atoms with Gasteiger partial charge in [0.15, 0.2) is 5.34 Å². The fraction of sp³-hybridized carbons (Fsp3) is 1.00. The lowest BCUT2D eigenvalue weighted by Crippen LogP contribution is -2.19. The summed E-state index contributed by atoms with van der Waals surface area (Å²) in [4.78, 5) is 8.11. The average molecular weight is 217 g/mol. The second-order valence-corrected chi connectivity index (χ2v) is 4.61. The molecular formula is C10H23N3O2. The zero-order valence-electron chi connectivity index (χ0n) is 10.6. The van der Waals surface area contributed by atoms with Crippen LogP contribution in [-0.2, 0) is 0 Å². The molecule has 0 spiro atoms. The van der Waals surface area contributed by atoms with Crippen LogP contribution < -0.4 is 0 Å². The molecule has 15 heavy (non-hydrogen) atoms. The van der Waals surface area contributed by atoms with Crippen LogP contribution in [0, 0.1) is 4.91 Å². The molecule has 0 saturated heterocycles. The molecule has 0 saturated carbocycles. The molecule has 0 bridgehead atoms. The lowest BCUT2D eigenvalue weighted by atomic mass is 10.0. The van der Waals surface area contributed by atoms with Crippen LogP contribution in [0.2, 0.25) is 0 Å². The van der Waals surface area contributed by atoms with Crippen molar-refractivity contribution >= 4 is 0 Å². The second-order valence-electron chi connectivity index (χ2n) is 4.61. The Balaban J connectivity index is 0. The van der Waals surface area contributed by atoms with Gasteiger partial charge >= 0.3 is 0 Å². The van der Waals surface area contributed by atoms with Gasteiger partial charge in [0.05, 0.1) is 11.1 Å². The molecule has 0 aliphatic rings. The first-order valence-electron chi connectivity index (χ1n) is 5.15. The van der Waals surface area contributed by atoms with Crippen LogP contribution in [0.3, 0.4) is 0 Å². The summed E-state index contributed by atoms with van der Waals surface area (Å²) in [7, 11) is 0. The summed E-state index contributed by atoms with van der Waals surface area (Å²) < 4.78 is 0. The van der Waals surface area contributed by atoms with E-state index in [2.05, 4.69) is 51.8 Å². The van der Waals surface area contributed by atoms with E-state index in [1.54, 1.807) is 0 Å². The molecule has 0 unspecified atom stereocenters. The summed E-state index contributed by atoms with van der Waals surface area (Å²) in [6, 6.07) is 0. The second kappa shape index (κ2) is 7.31. The number of rotatable bonds is 4. The maximum Gasteiger partial charge on any atom is 0.152 e. The van der Waals surface area contributed by atoms with Gasteiger partial charge in [0.2, 0.25) is 0 Å². The van der Waals surface area contributed by atoms with E-state index in [1.807, 2.05) is 0 Å². The highest BCUT2D eigenvalue weighted by molar-refractivity contribution is 4.78. The Labute approximate surface area is 91.9 Å². The van der Waals surface area contributed by atoms with Crippen molar-refractivity contribution < 1.29 is 5.21 Å². The molecule has 0 radical (unpaired) electrons. The lowest BCUT2D eigenvalue weighted by molar-refractivity contribution is 0.312. The van der Waals surface area contributed by atoms with Gasteiger partial charge < -0.3 is 5.21 Å². The topological polar surface area (TPSA) is 74.4 Å². The Morgan fingerprint density at radius 3 is 1.27 bits per heavy atom. The predicted molar refractivity (Wildman–Crippen MR) is 61.2 cm³/mol. The zero-order valence-corrected chi connectivity index (χ0v) is 10.6. The van der Waals surface area contributed by atoms with Crippen LogP contribution >= 0.6 is 0 Å². The normalized spacial score (nSPS) is 12.1. The molecule has 5 heteroatoms. The van der Waals surface area contributed by atoms with Crippen molar-refractivity contribution in [1.29, 1.82) is 0 Å². The minimum absolute atomic E-state index is 0.00639. The van der Waals surface area contributed by atoms with Crippen LogP contribution in [0.5, 0.6) is 0 Å². The fourth-order valence-electron chi connectivity index (χ4n) is 0.412. The van der Waals surface area contributed by atoms with E-state index in [9.17, 15) is 0 Å². The number of nitrogens with zero attached hydrogens (tertiary/aromatic N) is 3. The van der Waals surface area contributed by atoms with E-state index >= 15 is 0 Å². The Morgan fingerprint density at radius 1 is 0.933 bits per heavy atom. The Morgan fingerprint density at radius 2 is 1.13 bits per heavy atom. The van der Waals surface area contributed by atoms with Gasteiger partial charge in [-0.2, -0.15) is 10.2 Å². The smallest absolute Gasteiger partial charge is 0.152 e. The Kier molecular flexibility index (Phi) is 8.01. The van der Waals surface area contributed by atoms with E-state index in [1.165, 1.54) is 5.34 Å². The van der Waals surface area contributed by atoms with Crippen LogP contribution in [0.15, 0.2) is 15.6 Å². The van der Waals surface area contributed by atoms with Crippen molar-refractivity contribution in [2.24, 2.45) is 15.6 Å². The maximum absolute atomic E-state index is 8.11. The number of azo groups is 1. The van der Waals surface area contributed by atoms with Gasteiger partial charge in [-0.25, -0.2) is 0 Å². The van der Waals surface area contributed by atoms with Gasteiger partial charge in [-0.05, 0) is 40.5 Å². The van der Waals surface area contributed by atoms with E-state index in [0.29, 0.717) is 0 Å². The summed E-state index contributed by atoms with van der Waals surface area (Å²) >= 11 is 0. The molecule has 0 fully saturated rings. The summed E-state index contributed by atoms with van der Waals surface area (Å²) in [5, 5.41) is 16.6. The van der Waals surface area contributed by atoms with Gasteiger partial charge in [-0.15, -0.1) is 4.91 Å². The minimum Gasteiger partial charge on any atom is -0.379 e. The van der Waals surface area contributed by atoms with E-state index in [0.717, 1.165) is 12.8 Å². The first-order valence-corrected chi connectivity index (χ1v) is 5.15. The highest BCUT2D eigenvalue weighted by Gasteiger charge is 2.17. The predicted octanol–water partition coefficient (Wildman–Crippen LogP) is 3.96. The average Bonchev–Trinajstić information content (AvgIpc) is 2.17. The molecule has 90 valence electrons. The third-order valence-electron chi connectivity index (χ3n) is 2.32. The number of hydrogen-bond donors (Lipinski definition) is 1. The van der Waals surface area contributed by atoms with Crippen LogP contribution in [0.4, 0.5) is 0 Å². The zero-order chi connectivity index (χ0) is 12.5.